The van der Waals surface area contributed by atoms with E-state index in [1.807, 2.05) is 11.1 Å². The van der Waals surface area contributed by atoms with Gasteiger partial charge in [0.25, 0.3) is 0 Å². The van der Waals surface area contributed by atoms with Crippen LogP contribution in [0.25, 0.3) is 0 Å². The van der Waals surface area contributed by atoms with Crippen LogP contribution in [0.5, 0.6) is 0 Å². The van der Waals surface area contributed by atoms with Gasteiger partial charge in [0, 0.05) is 6.54 Å². The molecule has 4 aliphatic carbocycles. The zero-order valence-electron chi connectivity index (χ0n) is 15.9. The van der Waals surface area contributed by atoms with E-state index in [9.17, 15) is 0 Å². The van der Waals surface area contributed by atoms with E-state index in [0.29, 0.717) is 10.8 Å². The smallest absolute Gasteiger partial charge is 0.0195 e. The van der Waals surface area contributed by atoms with Crippen molar-refractivity contribution >= 4 is 0 Å². The predicted octanol–water partition coefficient (Wildman–Crippen LogP) is 5.66. The maximum Gasteiger partial charge on any atom is 0.0195 e. The highest BCUT2D eigenvalue weighted by molar-refractivity contribution is 5.38. The number of likely N-dealkylation sites (N-methyl/N-ethyl adjacent to an activating group) is 1. The van der Waals surface area contributed by atoms with Crippen LogP contribution < -0.4 is 0 Å². The molecule has 1 heteroatoms. The summed E-state index contributed by atoms with van der Waals surface area (Å²) in [6.07, 6.45) is 8.63. The van der Waals surface area contributed by atoms with E-state index in [-0.39, 0.29) is 0 Å². The minimum Gasteiger partial charge on any atom is -0.300 e. The van der Waals surface area contributed by atoms with Crippen molar-refractivity contribution in [2.75, 3.05) is 19.6 Å². The molecule has 4 rings (SSSR count). The van der Waals surface area contributed by atoms with Crippen LogP contribution >= 0.6 is 0 Å². The highest BCUT2D eigenvalue weighted by atomic mass is 15.1. The minimum atomic E-state index is 0.530. The van der Waals surface area contributed by atoms with E-state index in [2.05, 4.69) is 46.4 Å². The van der Waals surface area contributed by atoms with Gasteiger partial charge in [0.05, 0.1) is 0 Å². The summed E-state index contributed by atoms with van der Waals surface area (Å²) in [5.41, 5.74) is 5.65. The predicted molar refractivity (Wildman–Crippen MR) is 96.0 cm³/mol. The van der Waals surface area contributed by atoms with Gasteiger partial charge in [-0.3, -0.25) is 4.90 Å². The molecule has 126 valence electrons. The summed E-state index contributed by atoms with van der Waals surface area (Å²) in [6.45, 7) is 18.1. The number of rotatable bonds is 6. The summed E-state index contributed by atoms with van der Waals surface area (Å²) in [7, 11) is 0. The van der Waals surface area contributed by atoms with Crippen molar-refractivity contribution < 1.29 is 0 Å². The molecule has 0 heterocycles. The third-order valence-corrected chi connectivity index (χ3v) is 7.43. The summed E-state index contributed by atoms with van der Waals surface area (Å²) < 4.78 is 0. The quantitative estimate of drug-likeness (QED) is 0.572. The van der Waals surface area contributed by atoms with Crippen LogP contribution in [0.2, 0.25) is 0 Å². The van der Waals surface area contributed by atoms with Gasteiger partial charge in [0.15, 0.2) is 0 Å². The van der Waals surface area contributed by atoms with Crippen LogP contribution in [-0.4, -0.2) is 24.5 Å². The number of hydrogen-bond donors (Lipinski definition) is 0. The largest absolute Gasteiger partial charge is 0.300 e. The molecular formula is C21H37N. The van der Waals surface area contributed by atoms with Gasteiger partial charge in [0.2, 0.25) is 0 Å². The molecule has 0 N–H and O–H groups in total. The topological polar surface area (TPSA) is 3.24 Å². The Balaban J connectivity index is 1.82. The van der Waals surface area contributed by atoms with Crippen LogP contribution in [-0.2, 0) is 0 Å². The summed E-state index contributed by atoms with van der Waals surface area (Å²) in [5.74, 6) is 0.887. The lowest BCUT2D eigenvalue weighted by molar-refractivity contribution is -0.208. The summed E-state index contributed by atoms with van der Waals surface area (Å²) in [5, 5.41) is 0. The zero-order valence-corrected chi connectivity index (χ0v) is 15.9. The first-order chi connectivity index (χ1) is 10.3. The molecule has 0 aromatic carbocycles. The number of nitrogens with zero attached hydrogens (tertiary/aromatic N) is 1. The molecule has 0 radical (unpaired) electrons. The lowest BCUT2D eigenvalue weighted by atomic mass is 9.29. The first-order valence-electron chi connectivity index (χ1n) is 9.70. The molecule has 0 aromatic heterocycles. The van der Waals surface area contributed by atoms with Gasteiger partial charge in [-0.15, -0.1) is 0 Å². The lowest BCUT2D eigenvalue weighted by Gasteiger charge is -2.75. The molecule has 0 spiro atoms. The van der Waals surface area contributed by atoms with Gasteiger partial charge >= 0.3 is 0 Å². The third-order valence-electron chi connectivity index (χ3n) is 7.43. The fourth-order valence-electron chi connectivity index (χ4n) is 5.59. The fraction of sp³-hybridized carbons (Fsp3) is 0.905. The average Bonchev–Trinajstić information content (AvgIpc) is 2.33. The Morgan fingerprint density at radius 1 is 1.05 bits per heavy atom. The first kappa shape index (κ1) is 16.6. The molecule has 2 bridgehead atoms. The second-order valence-corrected chi connectivity index (χ2v) is 9.71. The van der Waals surface area contributed by atoms with Crippen molar-refractivity contribution in [2.24, 2.45) is 22.2 Å². The first-order valence-corrected chi connectivity index (χ1v) is 9.70. The molecule has 0 saturated heterocycles. The van der Waals surface area contributed by atoms with Crippen LogP contribution in [0.3, 0.4) is 0 Å². The van der Waals surface area contributed by atoms with Gasteiger partial charge in [0.1, 0.15) is 0 Å². The Morgan fingerprint density at radius 3 is 2.14 bits per heavy atom. The molecule has 0 amide bonds. The van der Waals surface area contributed by atoms with Crippen molar-refractivity contribution in [3.8, 4) is 0 Å². The second kappa shape index (κ2) is 5.36. The molecule has 0 atom stereocenters. The second-order valence-electron chi connectivity index (χ2n) is 9.71. The van der Waals surface area contributed by atoms with Crippen LogP contribution in [0, 0.1) is 22.2 Å². The van der Waals surface area contributed by atoms with E-state index in [0.717, 1.165) is 11.3 Å². The van der Waals surface area contributed by atoms with Crippen molar-refractivity contribution in [1.29, 1.82) is 0 Å². The molecule has 1 nitrogen and oxygen atoms in total. The van der Waals surface area contributed by atoms with Gasteiger partial charge in [-0.1, -0.05) is 52.7 Å². The molecule has 22 heavy (non-hydrogen) atoms. The summed E-state index contributed by atoms with van der Waals surface area (Å²) in [4.78, 5) is 2.62. The maximum atomic E-state index is 2.62. The number of hydrogen-bond acceptors (Lipinski definition) is 1. The Bertz CT molecular complexity index is 445. The lowest BCUT2D eigenvalue weighted by Crippen LogP contribution is -2.65. The Labute approximate surface area is 138 Å². The van der Waals surface area contributed by atoms with E-state index in [4.69, 9.17) is 0 Å². The molecule has 3 fully saturated rings. The Kier molecular flexibility index (Phi) is 4.04. The van der Waals surface area contributed by atoms with Gasteiger partial charge in [-0.2, -0.15) is 0 Å². The molecule has 0 unspecified atom stereocenters. The SMILES string of the molecule is CCN(CC)CC1=C(C23CC(C(C)C)(C2)C3)CC(C)(C)CC1. The maximum absolute atomic E-state index is 2.62. The van der Waals surface area contributed by atoms with Crippen molar-refractivity contribution in [1.82, 2.24) is 4.90 Å². The minimum absolute atomic E-state index is 0.530. The number of allylic oxidation sites excluding steroid dienone is 1. The summed E-state index contributed by atoms with van der Waals surface area (Å²) in [6, 6.07) is 0. The van der Waals surface area contributed by atoms with Crippen molar-refractivity contribution in [3.05, 3.63) is 11.1 Å². The molecule has 3 saturated carbocycles. The Morgan fingerprint density at radius 2 is 1.64 bits per heavy atom. The molecular weight excluding hydrogens is 266 g/mol. The normalized spacial score (nSPS) is 36.5. The summed E-state index contributed by atoms with van der Waals surface area (Å²) >= 11 is 0. The Hall–Kier alpha value is -0.300. The van der Waals surface area contributed by atoms with Gasteiger partial charge in [-0.25, -0.2) is 0 Å². The fourth-order valence-corrected chi connectivity index (χ4v) is 5.59. The van der Waals surface area contributed by atoms with Gasteiger partial charge in [-0.05, 0) is 73.8 Å². The third kappa shape index (κ3) is 2.48. The molecule has 0 aliphatic heterocycles. The van der Waals surface area contributed by atoms with E-state index in [1.54, 1.807) is 0 Å². The molecule has 0 aromatic rings. The zero-order chi connectivity index (χ0) is 16.2. The van der Waals surface area contributed by atoms with Crippen molar-refractivity contribution in [2.45, 2.75) is 80.1 Å². The van der Waals surface area contributed by atoms with E-state index >= 15 is 0 Å². The van der Waals surface area contributed by atoms with Crippen LogP contribution in [0.15, 0.2) is 11.1 Å². The highest BCUT2D eigenvalue weighted by Gasteiger charge is 2.70. The molecule has 4 aliphatic rings. The van der Waals surface area contributed by atoms with Crippen LogP contribution in [0.4, 0.5) is 0 Å². The van der Waals surface area contributed by atoms with E-state index < -0.39 is 0 Å². The monoisotopic (exact) mass is 303 g/mol. The van der Waals surface area contributed by atoms with Crippen LogP contribution in [0.1, 0.15) is 80.1 Å². The highest BCUT2D eigenvalue weighted by Crippen LogP contribution is 2.80. The van der Waals surface area contributed by atoms with Crippen molar-refractivity contribution in [3.63, 3.8) is 0 Å². The van der Waals surface area contributed by atoms with Gasteiger partial charge < -0.3 is 0 Å². The van der Waals surface area contributed by atoms with E-state index in [1.165, 1.54) is 58.2 Å². The standard InChI is InChI=1S/C21H37N/c1-7-22(8-2)12-17-9-10-19(5,6)11-18(17)21-13-20(14-21,15-21)16(3)4/h16H,7-15H2,1-6H3. The average molecular weight is 304 g/mol.